The van der Waals surface area contributed by atoms with Crippen LogP contribution in [-0.2, 0) is 6.42 Å². The van der Waals surface area contributed by atoms with Crippen LogP contribution in [0.4, 0.5) is 0 Å². The fourth-order valence-electron chi connectivity index (χ4n) is 1.34. The largest absolute Gasteiger partial charge is 0.334 e. The van der Waals surface area contributed by atoms with Crippen molar-refractivity contribution in [3.05, 3.63) is 35.9 Å². The molecular formula is C12H16N+. The molecule has 0 aliphatic heterocycles. The topological polar surface area (TPSA) is 16.6 Å². The second-order valence-electron chi connectivity index (χ2n) is 3.31. The van der Waals surface area contributed by atoms with Gasteiger partial charge in [0.05, 0.1) is 6.04 Å². The molecule has 1 aromatic rings. The van der Waals surface area contributed by atoms with Crippen LogP contribution in [0.3, 0.4) is 0 Å². The van der Waals surface area contributed by atoms with Crippen molar-refractivity contribution < 1.29 is 5.32 Å². The Morgan fingerprint density at radius 2 is 2.08 bits per heavy atom. The van der Waals surface area contributed by atoms with E-state index in [0.717, 1.165) is 13.0 Å². The van der Waals surface area contributed by atoms with Gasteiger partial charge in [0.15, 0.2) is 0 Å². The Morgan fingerprint density at radius 3 is 2.69 bits per heavy atom. The molecule has 0 heterocycles. The second-order valence-corrected chi connectivity index (χ2v) is 3.31. The molecule has 0 spiro atoms. The van der Waals surface area contributed by atoms with Crippen LogP contribution in [-0.4, -0.2) is 12.6 Å². The van der Waals surface area contributed by atoms with Crippen LogP contribution in [0, 0.1) is 12.3 Å². The molecule has 2 N–H and O–H groups in total. The van der Waals surface area contributed by atoms with Crippen LogP contribution in [0.2, 0.25) is 0 Å². The molecule has 1 atom stereocenters. The van der Waals surface area contributed by atoms with Crippen molar-refractivity contribution in [2.75, 3.05) is 6.54 Å². The molecule has 68 valence electrons. The molecule has 0 unspecified atom stereocenters. The average molecular weight is 174 g/mol. The molecule has 0 aliphatic rings. The van der Waals surface area contributed by atoms with E-state index >= 15 is 0 Å². The van der Waals surface area contributed by atoms with Gasteiger partial charge in [-0.3, -0.25) is 0 Å². The summed E-state index contributed by atoms with van der Waals surface area (Å²) in [4.78, 5) is 0. The van der Waals surface area contributed by atoms with E-state index in [1.54, 1.807) is 0 Å². The first-order valence-electron chi connectivity index (χ1n) is 4.63. The Balaban J connectivity index is 2.37. The van der Waals surface area contributed by atoms with Crippen molar-refractivity contribution in [2.45, 2.75) is 19.4 Å². The number of terminal acetylenes is 1. The predicted octanol–water partition coefficient (Wildman–Crippen LogP) is 0.814. The van der Waals surface area contributed by atoms with Gasteiger partial charge >= 0.3 is 0 Å². The van der Waals surface area contributed by atoms with Crippen LogP contribution in [0.5, 0.6) is 0 Å². The van der Waals surface area contributed by atoms with Crippen molar-refractivity contribution in [3.8, 4) is 12.3 Å². The standard InChI is InChI=1S/C12H15N/c1-3-9-13-11(2)10-12-7-5-4-6-8-12/h1,4-8,11,13H,9-10H2,2H3/p+1/t11-/m1/s1. The van der Waals surface area contributed by atoms with E-state index in [2.05, 4.69) is 42.4 Å². The van der Waals surface area contributed by atoms with Gasteiger partial charge in [-0.2, -0.15) is 0 Å². The van der Waals surface area contributed by atoms with Crippen LogP contribution in [0.1, 0.15) is 12.5 Å². The molecule has 0 amide bonds. The molecule has 13 heavy (non-hydrogen) atoms. The van der Waals surface area contributed by atoms with Crippen molar-refractivity contribution in [2.24, 2.45) is 0 Å². The zero-order valence-electron chi connectivity index (χ0n) is 8.03. The molecule has 0 radical (unpaired) electrons. The van der Waals surface area contributed by atoms with Gasteiger partial charge in [0.2, 0.25) is 0 Å². The maximum absolute atomic E-state index is 5.19. The van der Waals surface area contributed by atoms with Gasteiger partial charge in [-0.15, -0.1) is 6.42 Å². The summed E-state index contributed by atoms with van der Waals surface area (Å²) in [5, 5.41) is 2.19. The minimum absolute atomic E-state index is 0.568. The molecule has 0 fully saturated rings. The molecule has 0 saturated carbocycles. The molecule has 1 rings (SSSR count). The molecular weight excluding hydrogens is 158 g/mol. The summed E-state index contributed by atoms with van der Waals surface area (Å²) >= 11 is 0. The summed E-state index contributed by atoms with van der Waals surface area (Å²) in [6.45, 7) is 2.97. The van der Waals surface area contributed by atoms with Crippen LogP contribution in [0.15, 0.2) is 30.3 Å². The number of quaternary nitrogens is 1. The van der Waals surface area contributed by atoms with E-state index < -0.39 is 0 Å². The lowest BCUT2D eigenvalue weighted by Gasteiger charge is -2.08. The first-order chi connectivity index (χ1) is 6.33. The summed E-state index contributed by atoms with van der Waals surface area (Å²) in [5.74, 6) is 2.63. The maximum Gasteiger partial charge on any atom is 0.137 e. The van der Waals surface area contributed by atoms with Crippen LogP contribution >= 0.6 is 0 Å². The van der Waals surface area contributed by atoms with Crippen LogP contribution in [0.25, 0.3) is 0 Å². The molecule has 1 nitrogen and oxygen atoms in total. The second kappa shape index (κ2) is 5.40. The Bertz CT molecular complexity index is 271. The number of rotatable bonds is 4. The average Bonchev–Trinajstić information content (AvgIpc) is 2.16. The van der Waals surface area contributed by atoms with Gasteiger partial charge in [0, 0.05) is 6.42 Å². The third-order valence-electron chi connectivity index (χ3n) is 2.04. The van der Waals surface area contributed by atoms with Gasteiger partial charge in [-0.1, -0.05) is 30.3 Å². The molecule has 0 aliphatic carbocycles. The Morgan fingerprint density at radius 1 is 1.38 bits per heavy atom. The highest BCUT2D eigenvalue weighted by Crippen LogP contribution is 2.00. The van der Waals surface area contributed by atoms with Gasteiger partial charge in [-0.25, -0.2) is 0 Å². The fourth-order valence-corrected chi connectivity index (χ4v) is 1.34. The van der Waals surface area contributed by atoms with Crippen molar-refractivity contribution in [1.29, 1.82) is 0 Å². The predicted molar refractivity (Wildman–Crippen MR) is 55.2 cm³/mol. The van der Waals surface area contributed by atoms with E-state index in [-0.39, 0.29) is 0 Å². The van der Waals surface area contributed by atoms with Crippen molar-refractivity contribution in [3.63, 3.8) is 0 Å². The summed E-state index contributed by atoms with van der Waals surface area (Å²) in [6, 6.07) is 11.1. The summed E-state index contributed by atoms with van der Waals surface area (Å²) in [5.41, 5.74) is 1.38. The normalized spacial score (nSPS) is 12.0. The highest BCUT2D eigenvalue weighted by molar-refractivity contribution is 5.15. The minimum Gasteiger partial charge on any atom is -0.334 e. The van der Waals surface area contributed by atoms with E-state index in [1.807, 2.05) is 6.07 Å². The third-order valence-corrected chi connectivity index (χ3v) is 2.04. The van der Waals surface area contributed by atoms with Gasteiger partial charge < -0.3 is 5.32 Å². The molecule has 0 bridgehead atoms. The Labute approximate surface area is 80.2 Å². The molecule has 0 aromatic heterocycles. The van der Waals surface area contributed by atoms with Gasteiger partial charge in [0.25, 0.3) is 0 Å². The lowest BCUT2D eigenvalue weighted by Crippen LogP contribution is -2.89. The van der Waals surface area contributed by atoms with E-state index in [1.165, 1.54) is 5.56 Å². The monoisotopic (exact) mass is 174 g/mol. The number of benzene rings is 1. The quantitative estimate of drug-likeness (QED) is 0.651. The summed E-state index contributed by atoms with van der Waals surface area (Å²) in [7, 11) is 0. The van der Waals surface area contributed by atoms with E-state index in [9.17, 15) is 0 Å². The third kappa shape index (κ3) is 3.78. The smallest absolute Gasteiger partial charge is 0.137 e. The molecule has 1 heteroatoms. The zero-order chi connectivity index (χ0) is 9.52. The van der Waals surface area contributed by atoms with E-state index in [0.29, 0.717) is 6.04 Å². The lowest BCUT2D eigenvalue weighted by atomic mass is 10.1. The lowest BCUT2D eigenvalue weighted by molar-refractivity contribution is -0.675. The van der Waals surface area contributed by atoms with Crippen molar-refractivity contribution >= 4 is 0 Å². The van der Waals surface area contributed by atoms with Gasteiger partial charge in [0.1, 0.15) is 6.54 Å². The zero-order valence-corrected chi connectivity index (χ0v) is 8.03. The number of hydrogen-bond acceptors (Lipinski definition) is 0. The highest BCUT2D eigenvalue weighted by atomic mass is 14.9. The minimum atomic E-state index is 0.568. The Hall–Kier alpha value is -1.26. The summed E-state index contributed by atoms with van der Waals surface area (Å²) < 4.78 is 0. The first kappa shape index (κ1) is 9.83. The highest BCUT2D eigenvalue weighted by Gasteiger charge is 2.03. The number of hydrogen-bond donors (Lipinski definition) is 1. The molecule has 1 aromatic carbocycles. The molecule has 0 saturated heterocycles. The van der Waals surface area contributed by atoms with Crippen LogP contribution < -0.4 is 5.32 Å². The SMILES string of the molecule is C#CC[NH2+][C@H](C)Cc1ccccc1. The summed E-state index contributed by atoms with van der Waals surface area (Å²) in [6.07, 6.45) is 6.27. The maximum atomic E-state index is 5.19. The first-order valence-corrected chi connectivity index (χ1v) is 4.63. The number of nitrogens with two attached hydrogens (primary N) is 1. The fraction of sp³-hybridized carbons (Fsp3) is 0.333. The van der Waals surface area contributed by atoms with Crippen molar-refractivity contribution in [1.82, 2.24) is 0 Å². The van der Waals surface area contributed by atoms with E-state index in [4.69, 9.17) is 6.42 Å². The van der Waals surface area contributed by atoms with Gasteiger partial charge in [-0.05, 0) is 18.4 Å². The Kier molecular flexibility index (Phi) is 4.08.